The van der Waals surface area contributed by atoms with Crippen molar-refractivity contribution in [1.82, 2.24) is 0 Å². The molecule has 2 aromatic carbocycles. The summed E-state index contributed by atoms with van der Waals surface area (Å²) < 4.78 is 38.4. The molecule has 0 aromatic heterocycles. The second kappa shape index (κ2) is 17.9. The van der Waals surface area contributed by atoms with Crippen LogP contribution < -0.4 is 9.47 Å². The molecule has 1 fully saturated rings. The Morgan fingerprint density at radius 1 is 0.837 bits per heavy atom. The molecule has 1 aliphatic heterocycles. The Morgan fingerprint density at radius 3 is 2.02 bits per heavy atom. The van der Waals surface area contributed by atoms with Crippen molar-refractivity contribution in [2.75, 3.05) is 13.7 Å². The lowest BCUT2D eigenvalue weighted by Crippen LogP contribution is -2.59. The lowest BCUT2D eigenvalue weighted by atomic mass is 9.98. The second-order valence-electron chi connectivity index (χ2n) is 10.9. The molecule has 0 aliphatic carbocycles. The normalized spacial score (nSPS) is 20.1. The maximum Gasteiger partial charge on any atom is 0.513 e. The third kappa shape index (κ3) is 11.9. The lowest BCUT2D eigenvalue weighted by Gasteiger charge is -2.43. The minimum Gasteiger partial charge on any atom is -0.481 e. The Balaban J connectivity index is 2.10. The molecular weight excluding hydrogens is 664 g/mol. The Labute approximate surface area is 287 Å². The summed E-state index contributed by atoms with van der Waals surface area (Å²) in [5, 5.41) is 8.05. The van der Waals surface area contributed by atoms with Gasteiger partial charge in [-0.25, -0.2) is 4.79 Å². The number of carbonyl (C=O) groups excluding carboxylic acids is 5. The number of methoxy groups -OCH3 is 1. The summed E-state index contributed by atoms with van der Waals surface area (Å²) in [4.78, 5) is 71.4. The highest BCUT2D eigenvalue weighted by molar-refractivity contribution is 8.00. The first-order valence-electron chi connectivity index (χ1n) is 15.0. The molecule has 264 valence electrons. The van der Waals surface area contributed by atoms with Crippen LogP contribution in [0.3, 0.4) is 0 Å². The average molecular weight is 703 g/mol. The third-order valence-corrected chi connectivity index (χ3v) is 8.31. The molecule has 1 saturated heterocycles. The highest BCUT2D eigenvalue weighted by atomic mass is 32.2. The Hall–Kier alpha value is -5.05. The summed E-state index contributed by atoms with van der Waals surface area (Å²) >= 11 is 1.03. The molecule has 3 rings (SSSR count). The van der Waals surface area contributed by atoms with Gasteiger partial charge in [0.05, 0.1) is 18.8 Å². The number of aliphatic carboxylic acids is 1. The van der Waals surface area contributed by atoms with Crippen LogP contribution in [0.1, 0.15) is 56.4 Å². The van der Waals surface area contributed by atoms with Crippen LogP contribution in [0.5, 0.6) is 11.5 Å². The fraction of sp³-hybridized carbons (Fsp3) is 0.412. The highest BCUT2D eigenvalue weighted by Gasteiger charge is 2.53. The van der Waals surface area contributed by atoms with E-state index in [0.29, 0.717) is 17.5 Å². The van der Waals surface area contributed by atoms with E-state index in [4.69, 9.17) is 33.5 Å². The molecule has 0 saturated carbocycles. The first-order valence-corrected chi connectivity index (χ1v) is 15.9. The van der Waals surface area contributed by atoms with Crippen molar-refractivity contribution in [3.8, 4) is 11.5 Å². The lowest BCUT2D eigenvalue weighted by molar-refractivity contribution is -0.190. The maximum absolute atomic E-state index is 12.4. The van der Waals surface area contributed by atoms with Crippen LogP contribution in [-0.4, -0.2) is 83.8 Å². The summed E-state index contributed by atoms with van der Waals surface area (Å²) in [7, 11) is 1.15. The largest absolute Gasteiger partial charge is 0.513 e. The van der Waals surface area contributed by atoms with Gasteiger partial charge in [0, 0.05) is 45.7 Å². The number of aryl methyl sites for hydroxylation is 1. The van der Waals surface area contributed by atoms with Gasteiger partial charge < -0.3 is 38.3 Å². The van der Waals surface area contributed by atoms with Crippen molar-refractivity contribution in [2.45, 2.75) is 76.5 Å². The summed E-state index contributed by atoms with van der Waals surface area (Å²) in [5.74, 6) is -3.49. The van der Waals surface area contributed by atoms with Gasteiger partial charge >= 0.3 is 36.0 Å². The molecule has 1 heterocycles. The third-order valence-electron chi connectivity index (χ3n) is 6.93. The zero-order valence-corrected chi connectivity index (χ0v) is 28.6. The topological polar surface area (TPSA) is 187 Å². The van der Waals surface area contributed by atoms with E-state index < -0.39 is 65.0 Å². The van der Waals surface area contributed by atoms with Crippen LogP contribution >= 0.6 is 11.8 Å². The van der Waals surface area contributed by atoms with E-state index in [2.05, 4.69) is 4.74 Å². The van der Waals surface area contributed by atoms with E-state index in [9.17, 15) is 28.8 Å². The second-order valence-corrected chi connectivity index (χ2v) is 12.2. The number of rotatable bonds is 13. The molecule has 15 heteroatoms. The molecule has 0 spiro atoms. The molecule has 1 aliphatic rings. The summed E-state index contributed by atoms with van der Waals surface area (Å²) in [6, 6.07) is 10.4. The van der Waals surface area contributed by atoms with Crippen molar-refractivity contribution in [3.05, 3.63) is 64.7 Å². The number of ether oxygens (including phenoxy) is 7. The van der Waals surface area contributed by atoms with E-state index in [1.165, 1.54) is 13.0 Å². The van der Waals surface area contributed by atoms with Gasteiger partial charge in [-0.1, -0.05) is 36.4 Å². The van der Waals surface area contributed by atoms with Crippen molar-refractivity contribution in [3.63, 3.8) is 0 Å². The standard InChI is InChI=1S/C34H38O14S/c1-18-14-25(47-34(41)42-6)16-27(26(18)15-24-12-10-23(11-13-24)8-7-9-29(39)40)48-33-32(46-22(5)38)31(45-21(4)37)30(44-20(3)36)28(49-33)17-43-19(2)35/h7-8,10-14,16,28,30-33H,9,15,17H2,1-6H3,(H,39,40)/b8-7+/t28-,30-,31+,32-,33-/m1/s1. The van der Waals surface area contributed by atoms with Crippen LogP contribution in [0.25, 0.3) is 6.08 Å². The van der Waals surface area contributed by atoms with Crippen LogP contribution in [0.2, 0.25) is 0 Å². The highest BCUT2D eigenvalue weighted by Crippen LogP contribution is 2.41. The minimum absolute atomic E-state index is 0.0812. The van der Waals surface area contributed by atoms with Crippen LogP contribution in [0.15, 0.2) is 42.5 Å². The molecule has 0 bridgehead atoms. The van der Waals surface area contributed by atoms with Gasteiger partial charge in [-0.2, -0.15) is 0 Å². The van der Waals surface area contributed by atoms with Gasteiger partial charge in [-0.3, -0.25) is 24.0 Å². The number of carboxylic acids is 1. The van der Waals surface area contributed by atoms with Crippen molar-refractivity contribution in [2.24, 2.45) is 0 Å². The number of benzene rings is 2. The Bertz CT molecular complexity index is 1570. The van der Waals surface area contributed by atoms with Crippen molar-refractivity contribution < 1.29 is 67.0 Å². The monoisotopic (exact) mass is 702 g/mol. The average Bonchev–Trinajstić information content (AvgIpc) is 3.00. The maximum atomic E-state index is 12.4. The predicted octanol–water partition coefficient (Wildman–Crippen LogP) is 4.40. The molecule has 1 N–H and O–H groups in total. The molecule has 5 atom stereocenters. The minimum atomic E-state index is -1.36. The van der Waals surface area contributed by atoms with Gasteiger partial charge in [0.15, 0.2) is 23.7 Å². The van der Waals surface area contributed by atoms with Crippen LogP contribution in [0, 0.1) is 6.92 Å². The zero-order valence-electron chi connectivity index (χ0n) is 27.8. The zero-order chi connectivity index (χ0) is 36.2. The summed E-state index contributed by atoms with van der Waals surface area (Å²) in [6.07, 6.45) is -1.42. The molecular formula is C34H38O14S. The number of hydrogen-bond acceptors (Lipinski definition) is 14. The number of thioether (sulfide) groups is 1. The number of carboxylic acid groups (broad SMARTS) is 1. The predicted molar refractivity (Wildman–Crippen MR) is 174 cm³/mol. The van der Waals surface area contributed by atoms with E-state index in [0.717, 1.165) is 50.8 Å². The van der Waals surface area contributed by atoms with Gasteiger partial charge in [0.25, 0.3) is 0 Å². The smallest absolute Gasteiger partial charge is 0.481 e. The van der Waals surface area contributed by atoms with Gasteiger partial charge in [-0.15, -0.1) is 11.8 Å². The van der Waals surface area contributed by atoms with E-state index in [-0.39, 0.29) is 24.5 Å². The molecule has 49 heavy (non-hydrogen) atoms. The fourth-order valence-electron chi connectivity index (χ4n) is 4.94. The Kier molecular flexibility index (Phi) is 14.0. The fourth-order valence-corrected chi connectivity index (χ4v) is 6.32. The van der Waals surface area contributed by atoms with E-state index >= 15 is 0 Å². The van der Waals surface area contributed by atoms with Crippen LogP contribution in [-0.2, 0) is 54.1 Å². The molecule has 0 radical (unpaired) electrons. The van der Waals surface area contributed by atoms with Crippen LogP contribution in [0.4, 0.5) is 4.79 Å². The molecule has 2 aromatic rings. The SMILES string of the molecule is COC(=O)Oc1cc(C)c(Cc2ccc(/C=C/CC(=O)O)cc2)c(O[C@@H]2S[C@H](COC(C)=O)[C@@H](OC(C)=O)[C@H](OC(C)=O)[C@H]2OC(C)=O)c1. The molecule has 0 amide bonds. The molecule has 0 unspecified atom stereocenters. The van der Waals surface area contributed by atoms with Gasteiger partial charge in [-0.05, 0) is 29.7 Å². The van der Waals surface area contributed by atoms with E-state index in [1.54, 1.807) is 25.1 Å². The quantitative estimate of drug-likeness (QED) is 0.176. The first-order chi connectivity index (χ1) is 23.2. The van der Waals surface area contributed by atoms with E-state index in [1.807, 2.05) is 24.3 Å². The van der Waals surface area contributed by atoms with Gasteiger partial charge in [0.2, 0.25) is 0 Å². The Morgan fingerprint density at radius 2 is 1.45 bits per heavy atom. The summed E-state index contributed by atoms with van der Waals surface area (Å²) in [6.45, 7) is 6.15. The van der Waals surface area contributed by atoms with Crippen molar-refractivity contribution in [1.29, 1.82) is 0 Å². The van der Waals surface area contributed by atoms with Gasteiger partial charge in [0.1, 0.15) is 18.1 Å². The molecule has 14 nitrogen and oxygen atoms in total. The number of hydrogen-bond donors (Lipinski definition) is 1. The number of carbonyl (C=O) groups is 6. The summed E-state index contributed by atoms with van der Waals surface area (Å²) in [5.41, 5.74) is 1.81. The number of esters is 4. The first kappa shape index (κ1) is 38.4. The van der Waals surface area contributed by atoms with Crippen molar-refractivity contribution >= 4 is 53.8 Å².